The largest absolute Gasteiger partial charge is 0.489 e. The third kappa shape index (κ3) is 3.10. The second-order valence-electron chi connectivity index (χ2n) is 5.29. The lowest BCUT2D eigenvalue weighted by molar-refractivity contribution is 0.306. The fourth-order valence-corrected chi connectivity index (χ4v) is 3.44. The molecular formula is C20H15NOS. The Kier molecular flexibility index (Phi) is 3.78. The van der Waals surface area contributed by atoms with Crippen LogP contribution in [0.3, 0.4) is 0 Å². The summed E-state index contributed by atoms with van der Waals surface area (Å²) in [7, 11) is 0. The van der Waals surface area contributed by atoms with Gasteiger partial charge in [-0.3, -0.25) is 0 Å². The van der Waals surface area contributed by atoms with E-state index < -0.39 is 0 Å². The summed E-state index contributed by atoms with van der Waals surface area (Å²) in [5.41, 5.74) is 3.34. The molecule has 0 aliphatic carbocycles. The first-order chi connectivity index (χ1) is 11.4. The van der Waals surface area contributed by atoms with Crippen molar-refractivity contribution in [2.45, 2.75) is 6.61 Å². The summed E-state index contributed by atoms with van der Waals surface area (Å²) in [4.78, 5) is 4.72. The van der Waals surface area contributed by atoms with Crippen LogP contribution in [0, 0.1) is 0 Å². The lowest BCUT2D eigenvalue weighted by Crippen LogP contribution is -1.95. The standard InChI is InChI=1S/C20H15NOS/c1-2-9-17(10-3-1)22-14-15-7-6-8-16(13-15)20-21-18-11-4-5-12-19(18)23-20/h1-13H,14H2. The second kappa shape index (κ2) is 6.23. The Morgan fingerprint density at radius 1 is 0.826 bits per heavy atom. The molecule has 0 aliphatic rings. The van der Waals surface area contributed by atoms with Crippen LogP contribution in [0.2, 0.25) is 0 Å². The number of aromatic nitrogens is 1. The number of hydrogen-bond donors (Lipinski definition) is 0. The van der Waals surface area contributed by atoms with Crippen LogP contribution in [-0.2, 0) is 6.61 Å². The van der Waals surface area contributed by atoms with Crippen LogP contribution in [0.4, 0.5) is 0 Å². The van der Waals surface area contributed by atoms with Crippen LogP contribution >= 0.6 is 11.3 Å². The highest BCUT2D eigenvalue weighted by molar-refractivity contribution is 7.21. The van der Waals surface area contributed by atoms with Gasteiger partial charge in [-0.2, -0.15) is 0 Å². The molecule has 23 heavy (non-hydrogen) atoms. The van der Waals surface area contributed by atoms with Gasteiger partial charge in [-0.15, -0.1) is 11.3 Å². The molecule has 0 fully saturated rings. The molecule has 0 aliphatic heterocycles. The normalized spacial score (nSPS) is 10.8. The molecule has 0 bridgehead atoms. The predicted octanol–water partition coefficient (Wildman–Crippen LogP) is 5.54. The summed E-state index contributed by atoms with van der Waals surface area (Å²) in [5, 5.41) is 1.05. The zero-order valence-corrected chi connectivity index (χ0v) is 13.3. The zero-order chi connectivity index (χ0) is 15.5. The highest BCUT2D eigenvalue weighted by Crippen LogP contribution is 2.30. The number of para-hydroxylation sites is 2. The molecule has 0 unspecified atom stereocenters. The molecule has 3 aromatic carbocycles. The van der Waals surface area contributed by atoms with E-state index in [2.05, 4.69) is 42.5 Å². The van der Waals surface area contributed by atoms with Gasteiger partial charge in [0.05, 0.1) is 10.2 Å². The maximum atomic E-state index is 5.82. The Morgan fingerprint density at radius 2 is 1.65 bits per heavy atom. The Bertz CT molecular complexity index is 897. The molecule has 0 atom stereocenters. The summed E-state index contributed by atoms with van der Waals surface area (Å²) in [6, 6.07) is 26.5. The summed E-state index contributed by atoms with van der Waals surface area (Å²) in [6.45, 7) is 0.558. The molecular weight excluding hydrogens is 302 g/mol. The summed E-state index contributed by atoms with van der Waals surface area (Å²) in [5.74, 6) is 0.887. The summed E-state index contributed by atoms with van der Waals surface area (Å²) in [6.07, 6.45) is 0. The third-order valence-electron chi connectivity index (χ3n) is 3.62. The van der Waals surface area contributed by atoms with Gasteiger partial charge in [0.1, 0.15) is 17.4 Å². The molecule has 2 nitrogen and oxygen atoms in total. The second-order valence-corrected chi connectivity index (χ2v) is 6.32. The molecule has 0 amide bonds. The Morgan fingerprint density at radius 3 is 2.52 bits per heavy atom. The zero-order valence-electron chi connectivity index (χ0n) is 12.5. The highest BCUT2D eigenvalue weighted by atomic mass is 32.1. The average Bonchev–Trinajstić information content (AvgIpc) is 3.05. The molecule has 112 valence electrons. The number of rotatable bonds is 4. The van der Waals surface area contributed by atoms with Crippen LogP contribution in [0.15, 0.2) is 78.9 Å². The minimum Gasteiger partial charge on any atom is -0.489 e. The number of benzene rings is 3. The first-order valence-corrected chi connectivity index (χ1v) is 8.33. The maximum Gasteiger partial charge on any atom is 0.124 e. The fourth-order valence-electron chi connectivity index (χ4n) is 2.47. The van der Waals surface area contributed by atoms with Crippen molar-refractivity contribution in [2.24, 2.45) is 0 Å². The molecule has 1 heterocycles. The first kappa shape index (κ1) is 14.0. The SMILES string of the molecule is c1ccc(OCc2cccc(-c3nc4ccccc4s3)c2)cc1. The van der Waals surface area contributed by atoms with Gasteiger partial charge in [0.2, 0.25) is 0 Å². The lowest BCUT2D eigenvalue weighted by atomic mass is 10.1. The van der Waals surface area contributed by atoms with Crippen molar-refractivity contribution in [3.63, 3.8) is 0 Å². The van der Waals surface area contributed by atoms with Gasteiger partial charge < -0.3 is 4.74 Å². The number of fused-ring (bicyclic) bond motifs is 1. The van der Waals surface area contributed by atoms with E-state index in [0.29, 0.717) is 6.61 Å². The van der Waals surface area contributed by atoms with Gasteiger partial charge in [0, 0.05) is 5.56 Å². The van der Waals surface area contributed by atoms with Gasteiger partial charge >= 0.3 is 0 Å². The van der Waals surface area contributed by atoms with Crippen molar-refractivity contribution in [1.29, 1.82) is 0 Å². The van der Waals surface area contributed by atoms with Crippen LogP contribution in [0.25, 0.3) is 20.8 Å². The van der Waals surface area contributed by atoms with Crippen LogP contribution in [-0.4, -0.2) is 4.98 Å². The molecule has 1 aromatic heterocycles. The minimum absolute atomic E-state index is 0.558. The summed E-state index contributed by atoms with van der Waals surface area (Å²) >= 11 is 1.72. The molecule has 0 radical (unpaired) electrons. The van der Waals surface area contributed by atoms with Gasteiger partial charge in [-0.25, -0.2) is 4.98 Å². The van der Waals surface area contributed by atoms with Crippen LogP contribution < -0.4 is 4.74 Å². The van der Waals surface area contributed by atoms with Crippen LogP contribution in [0.1, 0.15) is 5.56 Å². The molecule has 4 rings (SSSR count). The van der Waals surface area contributed by atoms with Gasteiger partial charge in [-0.1, -0.05) is 48.5 Å². The van der Waals surface area contributed by atoms with E-state index in [4.69, 9.17) is 9.72 Å². The Balaban J connectivity index is 1.58. The van der Waals surface area contributed by atoms with E-state index in [-0.39, 0.29) is 0 Å². The molecule has 0 spiro atoms. The Hall–Kier alpha value is -2.65. The maximum absolute atomic E-state index is 5.82. The quantitative estimate of drug-likeness (QED) is 0.493. The molecule has 0 saturated carbocycles. The highest BCUT2D eigenvalue weighted by Gasteiger charge is 2.06. The number of nitrogens with zero attached hydrogens (tertiary/aromatic N) is 1. The van der Waals surface area contributed by atoms with Crippen molar-refractivity contribution < 1.29 is 4.74 Å². The van der Waals surface area contributed by atoms with Crippen LogP contribution in [0.5, 0.6) is 5.75 Å². The van der Waals surface area contributed by atoms with Crippen molar-refractivity contribution in [3.8, 4) is 16.3 Å². The topological polar surface area (TPSA) is 22.1 Å². The van der Waals surface area contributed by atoms with E-state index in [1.165, 1.54) is 4.70 Å². The van der Waals surface area contributed by atoms with E-state index in [9.17, 15) is 0 Å². The van der Waals surface area contributed by atoms with E-state index in [1.54, 1.807) is 11.3 Å². The van der Waals surface area contributed by atoms with E-state index in [0.717, 1.165) is 27.4 Å². The van der Waals surface area contributed by atoms with Crippen molar-refractivity contribution >= 4 is 21.6 Å². The number of ether oxygens (including phenoxy) is 1. The van der Waals surface area contributed by atoms with E-state index in [1.807, 2.05) is 36.4 Å². The van der Waals surface area contributed by atoms with Gasteiger partial charge in [-0.05, 0) is 35.9 Å². The number of thiazole rings is 1. The minimum atomic E-state index is 0.558. The Labute approximate surface area is 139 Å². The van der Waals surface area contributed by atoms with Gasteiger partial charge in [0.15, 0.2) is 0 Å². The molecule has 3 heteroatoms. The van der Waals surface area contributed by atoms with Gasteiger partial charge in [0.25, 0.3) is 0 Å². The van der Waals surface area contributed by atoms with E-state index >= 15 is 0 Å². The van der Waals surface area contributed by atoms with Crippen molar-refractivity contribution in [1.82, 2.24) is 4.98 Å². The molecule has 0 N–H and O–H groups in total. The molecule has 0 saturated heterocycles. The monoisotopic (exact) mass is 317 g/mol. The average molecular weight is 317 g/mol. The fraction of sp³-hybridized carbons (Fsp3) is 0.0500. The molecule has 4 aromatic rings. The predicted molar refractivity (Wildman–Crippen MR) is 95.8 cm³/mol. The third-order valence-corrected chi connectivity index (χ3v) is 4.70. The smallest absolute Gasteiger partial charge is 0.124 e. The number of hydrogen-bond acceptors (Lipinski definition) is 3. The van der Waals surface area contributed by atoms with Crippen molar-refractivity contribution in [2.75, 3.05) is 0 Å². The first-order valence-electron chi connectivity index (χ1n) is 7.51. The van der Waals surface area contributed by atoms with Crippen molar-refractivity contribution in [3.05, 3.63) is 84.4 Å². The summed E-state index contributed by atoms with van der Waals surface area (Å²) < 4.78 is 7.04. The lowest BCUT2D eigenvalue weighted by Gasteiger charge is -2.07.